The van der Waals surface area contributed by atoms with Gasteiger partial charge in [0.2, 0.25) is 0 Å². The molecule has 0 aliphatic heterocycles. The van der Waals surface area contributed by atoms with Crippen molar-refractivity contribution in [2.24, 2.45) is 5.92 Å². The molecule has 2 aromatic rings. The SMILES string of the molecule is CCOc1cncc(-c2ccc(C(C)(C)C(=O)CCC(C)C)cc2)c1. The van der Waals surface area contributed by atoms with Gasteiger partial charge in [-0.25, -0.2) is 0 Å². The smallest absolute Gasteiger partial charge is 0.142 e. The van der Waals surface area contributed by atoms with E-state index < -0.39 is 5.41 Å². The lowest BCUT2D eigenvalue weighted by molar-refractivity contribution is -0.123. The predicted octanol–water partition coefficient (Wildman–Crippen LogP) is 5.43. The van der Waals surface area contributed by atoms with Gasteiger partial charge in [-0.05, 0) is 50.3 Å². The molecule has 0 aliphatic rings. The van der Waals surface area contributed by atoms with E-state index in [1.54, 1.807) is 6.20 Å². The van der Waals surface area contributed by atoms with Crippen LogP contribution in [0.3, 0.4) is 0 Å². The van der Waals surface area contributed by atoms with Crippen LogP contribution in [0.15, 0.2) is 42.7 Å². The molecule has 0 amide bonds. The molecule has 0 aliphatic carbocycles. The number of Topliss-reactive ketones (excluding diaryl/α,β-unsaturated/α-hetero) is 1. The number of carbonyl (C=O) groups is 1. The number of pyridine rings is 1. The van der Waals surface area contributed by atoms with Crippen LogP contribution in [0.2, 0.25) is 0 Å². The van der Waals surface area contributed by atoms with Crippen LogP contribution in [0.4, 0.5) is 0 Å². The Morgan fingerprint density at radius 3 is 2.40 bits per heavy atom. The summed E-state index contributed by atoms with van der Waals surface area (Å²) in [5, 5.41) is 0. The summed E-state index contributed by atoms with van der Waals surface area (Å²) < 4.78 is 5.52. The third-order valence-corrected chi connectivity index (χ3v) is 4.61. The van der Waals surface area contributed by atoms with E-state index in [1.165, 1.54) is 0 Å². The standard InChI is InChI=1S/C22H29NO2/c1-6-25-20-13-18(14-23-15-20)17-8-10-19(11-9-17)22(4,5)21(24)12-7-16(2)3/h8-11,13-16H,6-7,12H2,1-5H3. The summed E-state index contributed by atoms with van der Waals surface area (Å²) in [7, 11) is 0. The lowest BCUT2D eigenvalue weighted by Gasteiger charge is -2.24. The second kappa shape index (κ2) is 8.28. The van der Waals surface area contributed by atoms with Crippen molar-refractivity contribution in [3.05, 3.63) is 48.3 Å². The van der Waals surface area contributed by atoms with Gasteiger partial charge in [0.25, 0.3) is 0 Å². The van der Waals surface area contributed by atoms with Gasteiger partial charge in [-0.2, -0.15) is 0 Å². The first-order valence-electron chi connectivity index (χ1n) is 9.06. The van der Waals surface area contributed by atoms with Crippen molar-refractivity contribution >= 4 is 5.78 Å². The minimum Gasteiger partial charge on any atom is -0.492 e. The number of nitrogens with zero attached hydrogens (tertiary/aromatic N) is 1. The van der Waals surface area contributed by atoms with Crippen molar-refractivity contribution in [2.45, 2.75) is 52.9 Å². The summed E-state index contributed by atoms with van der Waals surface area (Å²) in [6.45, 7) is 10.9. The van der Waals surface area contributed by atoms with Crippen molar-refractivity contribution in [1.82, 2.24) is 4.98 Å². The number of ketones is 1. The average molecular weight is 339 g/mol. The predicted molar refractivity (Wildman–Crippen MR) is 103 cm³/mol. The highest BCUT2D eigenvalue weighted by atomic mass is 16.5. The van der Waals surface area contributed by atoms with Crippen LogP contribution in [-0.4, -0.2) is 17.4 Å². The van der Waals surface area contributed by atoms with Crippen LogP contribution in [-0.2, 0) is 10.2 Å². The maximum Gasteiger partial charge on any atom is 0.142 e. The maximum absolute atomic E-state index is 12.6. The van der Waals surface area contributed by atoms with E-state index in [-0.39, 0.29) is 0 Å². The van der Waals surface area contributed by atoms with Crippen LogP contribution < -0.4 is 4.74 Å². The van der Waals surface area contributed by atoms with E-state index in [4.69, 9.17) is 4.74 Å². The average Bonchev–Trinajstić information content (AvgIpc) is 2.60. The van der Waals surface area contributed by atoms with Gasteiger partial charge in [-0.3, -0.25) is 9.78 Å². The molecule has 0 N–H and O–H groups in total. The summed E-state index contributed by atoms with van der Waals surface area (Å²) in [5.74, 6) is 1.62. The summed E-state index contributed by atoms with van der Waals surface area (Å²) in [5.41, 5.74) is 2.68. The summed E-state index contributed by atoms with van der Waals surface area (Å²) in [6, 6.07) is 10.2. The molecular weight excluding hydrogens is 310 g/mol. The number of aromatic nitrogens is 1. The fourth-order valence-corrected chi connectivity index (χ4v) is 2.79. The lowest BCUT2D eigenvalue weighted by Crippen LogP contribution is -2.29. The molecule has 0 bridgehead atoms. The Hall–Kier alpha value is -2.16. The van der Waals surface area contributed by atoms with Crippen molar-refractivity contribution < 1.29 is 9.53 Å². The van der Waals surface area contributed by atoms with Gasteiger partial charge in [-0.1, -0.05) is 38.1 Å². The van der Waals surface area contributed by atoms with E-state index in [0.29, 0.717) is 24.7 Å². The van der Waals surface area contributed by atoms with E-state index in [2.05, 4.69) is 43.1 Å². The Morgan fingerprint density at radius 2 is 1.80 bits per heavy atom. The van der Waals surface area contributed by atoms with Crippen LogP contribution in [0, 0.1) is 5.92 Å². The van der Waals surface area contributed by atoms with Crippen molar-refractivity contribution in [1.29, 1.82) is 0 Å². The Morgan fingerprint density at radius 1 is 1.12 bits per heavy atom. The number of ether oxygens (including phenoxy) is 1. The van der Waals surface area contributed by atoms with Gasteiger partial charge >= 0.3 is 0 Å². The summed E-state index contributed by atoms with van der Waals surface area (Å²) in [4.78, 5) is 16.9. The van der Waals surface area contributed by atoms with Gasteiger partial charge in [-0.15, -0.1) is 0 Å². The number of carbonyl (C=O) groups excluding carboxylic acids is 1. The molecule has 3 nitrogen and oxygen atoms in total. The molecule has 134 valence electrons. The minimum absolute atomic E-state index is 0.300. The summed E-state index contributed by atoms with van der Waals surface area (Å²) in [6.07, 6.45) is 5.12. The monoisotopic (exact) mass is 339 g/mol. The normalized spacial score (nSPS) is 11.6. The van der Waals surface area contributed by atoms with E-state index in [0.717, 1.165) is 28.9 Å². The zero-order valence-corrected chi connectivity index (χ0v) is 16.0. The topological polar surface area (TPSA) is 39.2 Å². The third kappa shape index (κ3) is 4.91. The molecule has 0 fully saturated rings. The molecule has 3 heteroatoms. The molecule has 0 unspecified atom stereocenters. The fraction of sp³-hybridized carbons (Fsp3) is 0.455. The van der Waals surface area contributed by atoms with Crippen molar-refractivity contribution in [3.63, 3.8) is 0 Å². The first kappa shape index (κ1) is 19.2. The number of hydrogen-bond acceptors (Lipinski definition) is 3. The second-order valence-electron chi connectivity index (χ2n) is 7.40. The van der Waals surface area contributed by atoms with Crippen LogP contribution in [0.25, 0.3) is 11.1 Å². The molecule has 2 rings (SSSR count). The van der Waals surface area contributed by atoms with E-state index in [9.17, 15) is 4.79 Å². The molecule has 0 saturated carbocycles. The largest absolute Gasteiger partial charge is 0.492 e. The van der Waals surface area contributed by atoms with Crippen LogP contribution in [0.1, 0.15) is 53.0 Å². The number of rotatable bonds is 8. The first-order valence-corrected chi connectivity index (χ1v) is 9.06. The van der Waals surface area contributed by atoms with Gasteiger partial charge in [0.15, 0.2) is 0 Å². The van der Waals surface area contributed by atoms with Gasteiger partial charge in [0.1, 0.15) is 11.5 Å². The molecule has 0 atom stereocenters. The molecule has 0 saturated heterocycles. The Labute approximate surface area is 151 Å². The fourth-order valence-electron chi connectivity index (χ4n) is 2.79. The van der Waals surface area contributed by atoms with Crippen LogP contribution >= 0.6 is 0 Å². The lowest BCUT2D eigenvalue weighted by atomic mass is 9.78. The first-order chi connectivity index (χ1) is 11.8. The molecular formula is C22H29NO2. The van der Waals surface area contributed by atoms with Gasteiger partial charge < -0.3 is 4.74 Å². The van der Waals surface area contributed by atoms with E-state index >= 15 is 0 Å². The van der Waals surface area contributed by atoms with Crippen molar-refractivity contribution in [2.75, 3.05) is 6.61 Å². The molecule has 1 aromatic heterocycles. The maximum atomic E-state index is 12.6. The quantitative estimate of drug-likeness (QED) is 0.643. The highest BCUT2D eigenvalue weighted by molar-refractivity contribution is 5.89. The van der Waals surface area contributed by atoms with Crippen LogP contribution in [0.5, 0.6) is 5.75 Å². The van der Waals surface area contributed by atoms with Gasteiger partial charge in [0.05, 0.1) is 12.8 Å². The Kier molecular flexibility index (Phi) is 6.35. The third-order valence-electron chi connectivity index (χ3n) is 4.61. The van der Waals surface area contributed by atoms with E-state index in [1.807, 2.05) is 33.0 Å². The zero-order valence-electron chi connectivity index (χ0n) is 16.0. The minimum atomic E-state index is -0.459. The molecule has 1 aromatic carbocycles. The molecule has 0 radical (unpaired) electrons. The highest BCUT2D eigenvalue weighted by Crippen LogP contribution is 2.30. The number of benzene rings is 1. The molecule has 0 spiro atoms. The van der Waals surface area contributed by atoms with Gasteiger partial charge in [0, 0.05) is 23.6 Å². The Balaban J connectivity index is 2.18. The Bertz CT molecular complexity index is 702. The molecule has 25 heavy (non-hydrogen) atoms. The molecule has 1 heterocycles. The summed E-state index contributed by atoms with van der Waals surface area (Å²) >= 11 is 0. The highest BCUT2D eigenvalue weighted by Gasteiger charge is 2.29. The second-order valence-corrected chi connectivity index (χ2v) is 7.40. The number of hydrogen-bond donors (Lipinski definition) is 0. The van der Waals surface area contributed by atoms with Crippen molar-refractivity contribution in [3.8, 4) is 16.9 Å². The zero-order chi connectivity index (χ0) is 18.4.